The molecule has 1 aliphatic rings. The zero-order chi connectivity index (χ0) is 14.3. The standard InChI is InChI=1S/C14H14N2O4/c17-12(18)6-3-9-7-15-14-11(16(19)20)5-4-10(13(9)14)8-1-2-8/h4-5,7-8,15H,1-3,6H2,(H,17,18). The first-order valence-corrected chi connectivity index (χ1v) is 6.57. The number of non-ortho nitro benzene ring substituents is 1. The van der Waals surface area contributed by atoms with Crippen molar-refractivity contribution < 1.29 is 14.8 Å². The number of carboxylic acids is 1. The van der Waals surface area contributed by atoms with Crippen LogP contribution in [0.15, 0.2) is 18.3 Å². The van der Waals surface area contributed by atoms with E-state index < -0.39 is 10.9 Å². The van der Waals surface area contributed by atoms with Crippen molar-refractivity contribution in [3.63, 3.8) is 0 Å². The normalized spacial score (nSPS) is 14.6. The third-order valence-electron chi connectivity index (χ3n) is 3.75. The van der Waals surface area contributed by atoms with Crippen molar-refractivity contribution in [1.29, 1.82) is 0 Å². The number of H-pyrrole nitrogens is 1. The van der Waals surface area contributed by atoms with E-state index in [2.05, 4.69) is 4.98 Å². The van der Waals surface area contributed by atoms with Crippen LogP contribution in [-0.4, -0.2) is 21.0 Å². The zero-order valence-corrected chi connectivity index (χ0v) is 10.8. The molecule has 1 saturated carbocycles. The molecule has 2 N–H and O–H groups in total. The Morgan fingerprint density at radius 3 is 2.80 bits per heavy atom. The summed E-state index contributed by atoms with van der Waals surface area (Å²) >= 11 is 0. The number of carbonyl (C=O) groups is 1. The van der Waals surface area contributed by atoms with Crippen molar-refractivity contribution in [2.45, 2.75) is 31.6 Å². The second-order valence-corrected chi connectivity index (χ2v) is 5.16. The fourth-order valence-electron chi connectivity index (χ4n) is 2.66. The lowest BCUT2D eigenvalue weighted by Gasteiger charge is -2.05. The lowest BCUT2D eigenvalue weighted by Crippen LogP contribution is -1.98. The van der Waals surface area contributed by atoms with Crippen molar-refractivity contribution in [1.82, 2.24) is 4.98 Å². The van der Waals surface area contributed by atoms with Gasteiger partial charge in [-0.3, -0.25) is 14.9 Å². The maximum absolute atomic E-state index is 11.1. The summed E-state index contributed by atoms with van der Waals surface area (Å²) in [6.07, 6.45) is 4.30. The highest BCUT2D eigenvalue weighted by atomic mass is 16.6. The summed E-state index contributed by atoms with van der Waals surface area (Å²) in [5, 5.41) is 20.7. The second kappa shape index (κ2) is 4.63. The Hall–Kier alpha value is -2.37. The molecule has 20 heavy (non-hydrogen) atoms. The van der Waals surface area contributed by atoms with Crippen LogP contribution in [0.2, 0.25) is 0 Å². The summed E-state index contributed by atoms with van der Waals surface area (Å²) in [7, 11) is 0. The van der Waals surface area contributed by atoms with Crippen LogP contribution >= 0.6 is 0 Å². The lowest BCUT2D eigenvalue weighted by atomic mass is 9.99. The topological polar surface area (TPSA) is 96.2 Å². The Morgan fingerprint density at radius 2 is 2.20 bits per heavy atom. The summed E-state index contributed by atoms with van der Waals surface area (Å²) in [4.78, 5) is 24.3. The lowest BCUT2D eigenvalue weighted by molar-refractivity contribution is -0.383. The van der Waals surface area contributed by atoms with Gasteiger partial charge >= 0.3 is 5.97 Å². The number of carboxylic acid groups (broad SMARTS) is 1. The van der Waals surface area contributed by atoms with Crippen LogP contribution in [-0.2, 0) is 11.2 Å². The molecule has 0 aliphatic heterocycles. The van der Waals surface area contributed by atoms with Crippen LogP contribution in [0.25, 0.3) is 10.9 Å². The minimum atomic E-state index is -0.863. The largest absolute Gasteiger partial charge is 0.481 e. The minimum Gasteiger partial charge on any atom is -0.481 e. The van der Waals surface area contributed by atoms with E-state index >= 15 is 0 Å². The highest BCUT2D eigenvalue weighted by Crippen LogP contribution is 2.45. The first-order chi connectivity index (χ1) is 9.58. The van der Waals surface area contributed by atoms with E-state index in [0.29, 0.717) is 17.9 Å². The number of nitro groups is 1. The Bertz CT molecular complexity index is 701. The molecule has 0 spiro atoms. The van der Waals surface area contributed by atoms with Crippen LogP contribution in [0.1, 0.15) is 36.3 Å². The Kier molecular flexibility index (Phi) is 2.93. The van der Waals surface area contributed by atoms with Crippen LogP contribution < -0.4 is 0 Å². The zero-order valence-electron chi connectivity index (χ0n) is 10.8. The molecule has 0 amide bonds. The maximum atomic E-state index is 11.1. The number of hydrogen-bond donors (Lipinski definition) is 2. The van der Waals surface area contributed by atoms with Gasteiger partial charge in [0.05, 0.1) is 4.92 Å². The number of rotatable bonds is 5. The van der Waals surface area contributed by atoms with Gasteiger partial charge < -0.3 is 10.1 Å². The number of nitrogens with one attached hydrogen (secondary N) is 1. The third kappa shape index (κ3) is 2.13. The molecule has 2 aromatic rings. The van der Waals surface area contributed by atoms with Crippen LogP contribution in [0, 0.1) is 10.1 Å². The summed E-state index contributed by atoms with van der Waals surface area (Å²) in [6, 6.07) is 3.35. The molecule has 1 aromatic carbocycles. The smallest absolute Gasteiger partial charge is 0.303 e. The summed E-state index contributed by atoms with van der Waals surface area (Å²) < 4.78 is 0. The second-order valence-electron chi connectivity index (χ2n) is 5.16. The van der Waals surface area contributed by atoms with Gasteiger partial charge in [0.1, 0.15) is 5.52 Å². The number of fused-ring (bicyclic) bond motifs is 1. The molecular formula is C14H14N2O4. The minimum absolute atomic E-state index is 0.0275. The van der Waals surface area contributed by atoms with E-state index in [1.165, 1.54) is 6.07 Å². The van der Waals surface area contributed by atoms with Gasteiger partial charge in [0.15, 0.2) is 0 Å². The highest BCUT2D eigenvalue weighted by Gasteiger charge is 2.29. The number of aromatic nitrogens is 1. The Balaban J connectivity index is 2.13. The molecule has 3 rings (SSSR count). The molecule has 1 aliphatic carbocycles. The molecule has 0 radical (unpaired) electrons. The first-order valence-electron chi connectivity index (χ1n) is 6.57. The number of aliphatic carboxylic acids is 1. The fourth-order valence-corrected chi connectivity index (χ4v) is 2.66. The molecule has 104 valence electrons. The van der Waals surface area contributed by atoms with E-state index in [1.807, 2.05) is 6.07 Å². The SMILES string of the molecule is O=C(O)CCc1c[nH]c2c([N+](=O)[O-])ccc(C3CC3)c12. The highest BCUT2D eigenvalue weighted by molar-refractivity contribution is 5.94. The van der Waals surface area contributed by atoms with Gasteiger partial charge in [-0.15, -0.1) is 0 Å². The number of nitro benzene ring substituents is 1. The molecule has 6 heteroatoms. The molecular weight excluding hydrogens is 260 g/mol. The molecule has 1 fully saturated rings. The Labute approximate surface area is 114 Å². The van der Waals surface area contributed by atoms with Gasteiger partial charge in [0, 0.05) is 24.1 Å². The number of benzene rings is 1. The van der Waals surface area contributed by atoms with Crippen molar-refractivity contribution in [2.75, 3.05) is 0 Å². The summed E-state index contributed by atoms with van der Waals surface area (Å²) in [6.45, 7) is 0. The van der Waals surface area contributed by atoms with E-state index in [-0.39, 0.29) is 12.1 Å². The van der Waals surface area contributed by atoms with Crippen LogP contribution in [0.5, 0.6) is 0 Å². The predicted octanol–water partition coefficient (Wildman–Crippen LogP) is 2.97. The molecule has 0 saturated heterocycles. The van der Waals surface area contributed by atoms with Gasteiger partial charge in [-0.2, -0.15) is 0 Å². The molecule has 1 aromatic heterocycles. The molecule has 0 unspecified atom stereocenters. The van der Waals surface area contributed by atoms with Gasteiger partial charge in [-0.25, -0.2) is 0 Å². The number of nitrogens with zero attached hydrogens (tertiary/aromatic N) is 1. The Morgan fingerprint density at radius 1 is 1.45 bits per heavy atom. The molecule has 1 heterocycles. The van der Waals surface area contributed by atoms with Gasteiger partial charge in [-0.05, 0) is 36.3 Å². The van der Waals surface area contributed by atoms with Crippen molar-refractivity contribution in [3.05, 3.63) is 39.6 Å². The van der Waals surface area contributed by atoms with Crippen molar-refractivity contribution >= 4 is 22.6 Å². The number of aryl methyl sites for hydroxylation is 1. The number of aromatic amines is 1. The van der Waals surface area contributed by atoms with E-state index in [1.54, 1.807) is 6.20 Å². The van der Waals surface area contributed by atoms with E-state index in [9.17, 15) is 14.9 Å². The van der Waals surface area contributed by atoms with Crippen molar-refractivity contribution in [3.8, 4) is 0 Å². The predicted molar refractivity (Wildman–Crippen MR) is 72.9 cm³/mol. The van der Waals surface area contributed by atoms with Crippen molar-refractivity contribution in [2.24, 2.45) is 0 Å². The average molecular weight is 274 g/mol. The molecule has 6 nitrogen and oxygen atoms in total. The number of hydrogen-bond acceptors (Lipinski definition) is 3. The summed E-state index contributed by atoms with van der Waals surface area (Å²) in [5.41, 5.74) is 2.52. The van der Waals surface area contributed by atoms with E-state index in [4.69, 9.17) is 5.11 Å². The van der Waals surface area contributed by atoms with E-state index in [0.717, 1.165) is 29.4 Å². The quantitative estimate of drug-likeness (QED) is 0.647. The summed E-state index contributed by atoms with van der Waals surface area (Å²) in [5.74, 6) is -0.407. The average Bonchev–Trinajstić information content (AvgIpc) is 3.15. The monoisotopic (exact) mass is 274 g/mol. The van der Waals surface area contributed by atoms with Crippen LogP contribution in [0.3, 0.4) is 0 Å². The molecule has 0 bridgehead atoms. The fraction of sp³-hybridized carbons (Fsp3) is 0.357. The van der Waals surface area contributed by atoms with Crippen LogP contribution in [0.4, 0.5) is 5.69 Å². The third-order valence-corrected chi connectivity index (χ3v) is 3.75. The molecule has 0 atom stereocenters. The van der Waals surface area contributed by atoms with Gasteiger partial charge in [0.25, 0.3) is 5.69 Å². The maximum Gasteiger partial charge on any atom is 0.303 e. The van der Waals surface area contributed by atoms with Gasteiger partial charge in [0.2, 0.25) is 0 Å². The first kappa shape index (κ1) is 12.7. The van der Waals surface area contributed by atoms with Gasteiger partial charge in [-0.1, -0.05) is 6.07 Å².